The molecule has 3 rings (SSSR count). The number of hydrogen-bond donors (Lipinski definition) is 1. The van der Waals surface area contributed by atoms with E-state index in [1.165, 1.54) is 12.8 Å². The van der Waals surface area contributed by atoms with Crippen molar-refractivity contribution in [2.24, 2.45) is 7.05 Å². The van der Waals surface area contributed by atoms with E-state index >= 15 is 0 Å². The van der Waals surface area contributed by atoms with Gasteiger partial charge in [-0.3, -0.25) is 4.98 Å². The van der Waals surface area contributed by atoms with Gasteiger partial charge in [-0.15, -0.1) is 0 Å². The Labute approximate surface area is 106 Å². The number of hydrogen-bond acceptors (Lipinski definition) is 4. The van der Waals surface area contributed by atoms with Crippen molar-refractivity contribution >= 4 is 0 Å². The maximum absolute atomic E-state index is 4.74. The zero-order chi connectivity index (χ0) is 12.4. The largest absolute Gasteiger partial charge is 0.332 e. The lowest BCUT2D eigenvalue weighted by Gasteiger charge is -2.22. The summed E-state index contributed by atoms with van der Waals surface area (Å²) in [4.78, 5) is 13.2. The molecule has 1 atom stereocenters. The summed E-state index contributed by atoms with van der Waals surface area (Å²) >= 11 is 0. The average molecular weight is 243 g/mol. The quantitative estimate of drug-likeness (QED) is 0.865. The standard InChI is InChI=1S/C13H17N5/c1-18-9-16-8-13(18)12-7-15-6-11(17-12)10-3-2-4-14-5-10/h6-10,14H,2-5H2,1H3. The van der Waals surface area contributed by atoms with E-state index in [-0.39, 0.29) is 0 Å². The Morgan fingerprint density at radius 3 is 2.94 bits per heavy atom. The molecule has 5 nitrogen and oxygen atoms in total. The number of aryl methyl sites for hydroxylation is 1. The number of nitrogens with zero attached hydrogens (tertiary/aromatic N) is 4. The lowest BCUT2D eigenvalue weighted by atomic mass is 9.96. The summed E-state index contributed by atoms with van der Waals surface area (Å²) in [5, 5.41) is 3.41. The molecule has 5 heteroatoms. The van der Waals surface area contributed by atoms with Crippen LogP contribution < -0.4 is 5.32 Å². The highest BCUT2D eigenvalue weighted by atomic mass is 15.0. The highest BCUT2D eigenvalue weighted by molar-refractivity contribution is 5.52. The van der Waals surface area contributed by atoms with Crippen molar-refractivity contribution in [1.29, 1.82) is 0 Å². The van der Waals surface area contributed by atoms with Crippen LogP contribution in [0.3, 0.4) is 0 Å². The van der Waals surface area contributed by atoms with E-state index in [2.05, 4.69) is 15.3 Å². The minimum absolute atomic E-state index is 0.486. The number of aromatic nitrogens is 4. The van der Waals surface area contributed by atoms with Crippen molar-refractivity contribution in [2.45, 2.75) is 18.8 Å². The molecule has 94 valence electrons. The minimum atomic E-state index is 0.486. The van der Waals surface area contributed by atoms with Gasteiger partial charge in [0.25, 0.3) is 0 Å². The molecule has 1 fully saturated rings. The van der Waals surface area contributed by atoms with Gasteiger partial charge in [-0.25, -0.2) is 9.97 Å². The Morgan fingerprint density at radius 2 is 2.22 bits per heavy atom. The normalized spacial score (nSPS) is 19.9. The second kappa shape index (κ2) is 4.86. The molecule has 1 N–H and O–H groups in total. The third-order valence-electron chi connectivity index (χ3n) is 3.45. The van der Waals surface area contributed by atoms with Crippen molar-refractivity contribution in [3.05, 3.63) is 30.6 Å². The van der Waals surface area contributed by atoms with Crippen LogP contribution >= 0.6 is 0 Å². The lowest BCUT2D eigenvalue weighted by Crippen LogP contribution is -2.29. The van der Waals surface area contributed by atoms with Crippen LogP contribution in [0.15, 0.2) is 24.9 Å². The molecule has 0 radical (unpaired) electrons. The van der Waals surface area contributed by atoms with Crippen LogP contribution in [-0.2, 0) is 7.05 Å². The predicted octanol–water partition coefficient (Wildman–Crippen LogP) is 1.34. The molecule has 3 heterocycles. The molecule has 0 aliphatic carbocycles. The highest BCUT2D eigenvalue weighted by Crippen LogP contribution is 2.23. The Morgan fingerprint density at radius 1 is 1.28 bits per heavy atom. The molecule has 1 saturated heterocycles. The highest BCUT2D eigenvalue weighted by Gasteiger charge is 2.17. The van der Waals surface area contributed by atoms with Crippen LogP contribution in [0, 0.1) is 0 Å². The van der Waals surface area contributed by atoms with Crippen molar-refractivity contribution in [1.82, 2.24) is 24.8 Å². The second-order valence-corrected chi connectivity index (χ2v) is 4.76. The van der Waals surface area contributed by atoms with Gasteiger partial charge in [0.2, 0.25) is 0 Å². The Hall–Kier alpha value is -1.75. The van der Waals surface area contributed by atoms with Crippen molar-refractivity contribution < 1.29 is 0 Å². The van der Waals surface area contributed by atoms with E-state index in [1.54, 1.807) is 12.5 Å². The Kier molecular flexibility index (Phi) is 3.06. The summed E-state index contributed by atoms with van der Waals surface area (Å²) in [6.45, 7) is 2.12. The van der Waals surface area contributed by atoms with Crippen LogP contribution in [0.2, 0.25) is 0 Å². The maximum atomic E-state index is 4.74. The summed E-state index contributed by atoms with van der Waals surface area (Å²) in [5.41, 5.74) is 2.99. The Bertz CT molecular complexity index is 528. The van der Waals surface area contributed by atoms with Gasteiger partial charge in [0, 0.05) is 25.7 Å². The summed E-state index contributed by atoms with van der Waals surface area (Å²) in [7, 11) is 1.97. The zero-order valence-electron chi connectivity index (χ0n) is 10.5. The van der Waals surface area contributed by atoms with E-state index in [0.29, 0.717) is 5.92 Å². The van der Waals surface area contributed by atoms with Gasteiger partial charge >= 0.3 is 0 Å². The first-order chi connectivity index (χ1) is 8.84. The lowest BCUT2D eigenvalue weighted by molar-refractivity contribution is 0.454. The monoisotopic (exact) mass is 243 g/mol. The SMILES string of the molecule is Cn1cncc1-c1cncc(C2CCCNC2)n1. The van der Waals surface area contributed by atoms with Crippen LogP contribution in [-0.4, -0.2) is 32.6 Å². The number of nitrogens with one attached hydrogen (secondary N) is 1. The van der Waals surface area contributed by atoms with Gasteiger partial charge in [0.05, 0.1) is 30.1 Å². The van der Waals surface area contributed by atoms with E-state index in [0.717, 1.165) is 30.2 Å². The molecular formula is C13H17N5. The van der Waals surface area contributed by atoms with E-state index in [4.69, 9.17) is 4.98 Å². The average Bonchev–Trinajstić information content (AvgIpc) is 2.86. The number of rotatable bonds is 2. The van der Waals surface area contributed by atoms with Crippen molar-refractivity contribution in [3.8, 4) is 11.4 Å². The first-order valence-corrected chi connectivity index (χ1v) is 6.34. The molecule has 0 spiro atoms. The first-order valence-electron chi connectivity index (χ1n) is 6.34. The zero-order valence-corrected chi connectivity index (χ0v) is 10.5. The fraction of sp³-hybridized carbons (Fsp3) is 0.462. The van der Waals surface area contributed by atoms with Crippen LogP contribution in [0.1, 0.15) is 24.5 Å². The minimum Gasteiger partial charge on any atom is -0.332 e. The number of piperidine rings is 1. The van der Waals surface area contributed by atoms with Crippen molar-refractivity contribution in [3.63, 3.8) is 0 Å². The topological polar surface area (TPSA) is 55.6 Å². The molecule has 0 amide bonds. The molecule has 18 heavy (non-hydrogen) atoms. The summed E-state index contributed by atoms with van der Waals surface area (Å²) in [5.74, 6) is 0.486. The second-order valence-electron chi connectivity index (χ2n) is 4.76. The molecule has 0 bridgehead atoms. The van der Waals surface area contributed by atoms with E-state index in [9.17, 15) is 0 Å². The van der Waals surface area contributed by atoms with Gasteiger partial charge in [-0.1, -0.05) is 0 Å². The van der Waals surface area contributed by atoms with E-state index < -0.39 is 0 Å². The third kappa shape index (κ3) is 2.13. The van der Waals surface area contributed by atoms with Gasteiger partial charge in [-0.05, 0) is 19.4 Å². The molecule has 2 aromatic heterocycles. The molecule has 0 aromatic carbocycles. The van der Waals surface area contributed by atoms with Crippen LogP contribution in [0.5, 0.6) is 0 Å². The predicted molar refractivity (Wildman–Crippen MR) is 69.1 cm³/mol. The third-order valence-corrected chi connectivity index (χ3v) is 3.45. The molecule has 1 unspecified atom stereocenters. The molecule has 0 saturated carbocycles. The van der Waals surface area contributed by atoms with Gasteiger partial charge in [0.15, 0.2) is 0 Å². The fourth-order valence-electron chi connectivity index (χ4n) is 2.41. The first kappa shape index (κ1) is 11.3. The van der Waals surface area contributed by atoms with Crippen LogP contribution in [0.25, 0.3) is 11.4 Å². The van der Waals surface area contributed by atoms with Gasteiger partial charge in [-0.2, -0.15) is 0 Å². The van der Waals surface area contributed by atoms with Crippen molar-refractivity contribution in [2.75, 3.05) is 13.1 Å². The smallest absolute Gasteiger partial charge is 0.107 e. The summed E-state index contributed by atoms with van der Waals surface area (Å²) in [6.07, 6.45) is 9.70. The maximum Gasteiger partial charge on any atom is 0.107 e. The molecule has 2 aromatic rings. The van der Waals surface area contributed by atoms with Gasteiger partial charge < -0.3 is 9.88 Å². The van der Waals surface area contributed by atoms with Crippen LogP contribution in [0.4, 0.5) is 0 Å². The number of imidazole rings is 1. The molecule has 1 aliphatic heterocycles. The fourth-order valence-corrected chi connectivity index (χ4v) is 2.41. The summed E-state index contributed by atoms with van der Waals surface area (Å²) < 4.78 is 1.97. The molecular weight excluding hydrogens is 226 g/mol. The summed E-state index contributed by atoms with van der Waals surface area (Å²) in [6, 6.07) is 0. The van der Waals surface area contributed by atoms with Gasteiger partial charge in [0.1, 0.15) is 5.69 Å². The Balaban J connectivity index is 1.91. The van der Waals surface area contributed by atoms with E-state index in [1.807, 2.05) is 24.0 Å². The molecule has 1 aliphatic rings.